The van der Waals surface area contributed by atoms with Crippen LogP contribution in [0.15, 0.2) is 36.9 Å². The summed E-state index contributed by atoms with van der Waals surface area (Å²) in [7, 11) is -1.61. The molecule has 29 heavy (non-hydrogen) atoms. The Morgan fingerprint density at radius 2 is 1.83 bits per heavy atom. The van der Waals surface area contributed by atoms with E-state index >= 15 is 0 Å². The lowest BCUT2D eigenvalue weighted by molar-refractivity contribution is 0.331. The summed E-state index contributed by atoms with van der Waals surface area (Å²) in [6.07, 6.45) is 9.63. The van der Waals surface area contributed by atoms with Crippen molar-refractivity contribution in [1.82, 2.24) is 24.2 Å². The monoisotopic (exact) mass is 414 g/mol. The lowest BCUT2D eigenvalue weighted by Crippen LogP contribution is -2.41. The molecule has 3 aromatic rings. The maximum atomic E-state index is 11.7. The van der Waals surface area contributed by atoms with E-state index in [9.17, 15) is 8.42 Å². The van der Waals surface area contributed by atoms with Crippen molar-refractivity contribution in [1.29, 1.82) is 0 Å². The normalized spacial score (nSPS) is 16.1. The first-order chi connectivity index (χ1) is 13.9. The molecule has 4 heterocycles. The van der Waals surface area contributed by atoms with Crippen molar-refractivity contribution in [3.05, 3.63) is 36.9 Å². The Labute approximate surface area is 169 Å². The maximum Gasteiger partial charge on any atom is 0.316 e. The van der Waals surface area contributed by atoms with Gasteiger partial charge in [-0.1, -0.05) is 0 Å². The summed E-state index contributed by atoms with van der Waals surface area (Å²) in [5, 5.41) is 5.33. The average molecular weight is 414 g/mol. The van der Waals surface area contributed by atoms with Gasteiger partial charge < -0.3 is 10.1 Å². The molecule has 0 radical (unpaired) electrons. The molecule has 152 valence electrons. The lowest BCUT2D eigenvalue weighted by atomic mass is 10.1. The number of hydrogen-bond donors (Lipinski definition) is 1. The molecule has 0 unspecified atom stereocenters. The molecule has 3 aromatic heterocycles. The third-order valence-corrected chi connectivity index (χ3v) is 6.31. The Morgan fingerprint density at radius 3 is 2.48 bits per heavy atom. The minimum Gasteiger partial charge on any atom is -0.467 e. The molecule has 1 N–H and O–H groups in total. The number of anilines is 1. The highest BCUT2D eigenvalue weighted by Crippen LogP contribution is 2.28. The van der Waals surface area contributed by atoms with Crippen LogP contribution < -0.4 is 10.1 Å². The molecule has 10 heteroatoms. The summed E-state index contributed by atoms with van der Waals surface area (Å²) >= 11 is 0. The molecule has 0 atom stereocenters. The highest BCUT2D eigenvalue weighted by atomic mass is 32.2. The van der Waals surface area contributed by atoms with Crippen LogP contribution in [0, 0.1) is 0 Å². The minimum absolute atomic E-state index is 0.169. The number of hydrogen-bond acceptors (Lipinski definition) is 8. The fourth-order valence-corrected chi connectivity index (χ4v) is 4.33. The highest BCUT2D eigenvalue weighted by molar-refractivity contribution is 7.88. The smallest absolute Gasteiger partial charge is 0.316 e. The summed E-state index contributed by atoms with van der Waals surface area (Å²) in [5.41, 5.74) is 1.55. The van der Waals surface area contributed by atoms with E-state index in [1.54, 1.807) is 24.8 Å². The predicted molar refractivity (Wildman–Crippen MR) is 110 cm³/mol. The van der Waals surface area contributed by atoms with Crippen molar-refractivity contribution >= 4 is 26.6 Å². The summed E-state index contributed by atoms with van der Waals surface area (Å²) < 4.78 is 29.9. The maximum absolute atomic E-state index is 11.7. The third kappa shape index (κ3) is 4.28. The van der Waals surface area contributed by atoms with Gasteiger partial charge in [0.1, 0.15) is 5.82 Å². The molecule has 0 aromatic carbocycles. The molecule has 1 saturated heterocycles. The Morgan fingerprint density at radius 1 is 1.10 bits per heavy atom. The molecule has 1 aliphatic rings. The van der Waals surface area contributed by atoms with E-state index in [-0.39, 0.29) is 6.04 Å². The van der Waals surface area contributed by atoms with Gasteiger partial charge in [0.15, 0.2) is 0 Å². The van der Waals surface area contributed by atoms with Crippen LogP contribution >= 0.6 is 0 Å². The molecule has 0 saturated carbocycles. The zero-order valence-electron chi connectivity index (χ0n) is 16.2. The fraction of sp³-hybridized carbons (Fsp3) is 0.368. The van der Waals surface area contributed by atoms with Crippen molar-refractivity contribution in [2.24, 2.45) is 0 Å². The van der Waals surface area contributed by atoms with E-state index < -0.39 is 10.0 Å². The largest absolute Gasteiger partial charge is 0.467 e. The molecular formula is C19H22N6O3S. The van der Waals surface area contributed by atoms with Gasteiger partial charge in [-0.2, -0.15) is 0 Å². The van der Waals surface area contributed by atoms with Gasteiger partial charge in [-0.3, -0.25) is 4.98 Å². The fourth-order valence-electron chi connectivity index (χ4n) is 3.46. The quantitative estimate of drug-likeness (QED) is 0.674. The van der Waals surface area contributed by atoms with E-state index in [1.807, 2.05) is 12.1 Å². The van der Waals surface area contributed by atoms with Gasteiger partial charge in [0.05, 0.1) is 19.1 Å². The van der Waals surface area contributed by atoms with Gasteiger partial charge in [-0.25, -0.2) is 27.7 Å². The first kappa shape index (κ1) is 19.5. The molecule has 4 rings (SSSR count). The van der Waals surface area contributed by atoms with Crippen molar-refractivity contribution in [3.8, 4) is 17.3 Å². The zero-order chi connectivity index (χ0) is 20.4. The lowest BCUT2D eigenvalue weighted by Gasteiger charge is -2.30. The number of pyridine rings is 2. The number of rotatable bonds is 5. The second-order valence-electron chi connectivity index (χ2n) is 6.99. The molecule has 1 aliphatic heterocycles. The van der Waals surface area contributed by atoms with Crippen molar-refractivity contribution in [2.45, 2.75) is 18.9 Å². The Balaban J connectivity index is 1.57. The third-order valence-electron chi connectivity index (χ3n) is 5.01. The molecule has 9 nitrogen and oxygen atoms in total. The predicted octanol–water partition coefficient (Wildman–Crippen LogP) is 1.93. The van der Waals surface area contributed by atoms with E-state index in [0.717, 1.165) is 40.7 Å². The average Bonchev–Trinajstić information content (AvgIpc) is 2.73. The number of ether oxygens (including phenoxy) is 1. The number of nitrogens with one attached hydrogen (secondary N) is 1. The van der Waals surface area contributed by atoms with Gasteiger partial charge in [-0.05, 0) is 25.0 Å². The highest BCUT2D eigenvalue weighted by Gasteiger charge is 2.25. The molecule has 1 fully saturated rings. The standard InChI is InChI=1S/C19H22N6O3S/c1-28-19-22-11-14(12-23-19)18-16-9-17(21-10-13(16)3-6-20-18)24-15-4-7-25(8-5-15)29(2,26)27/h3,6,9-12,15H,4-5,7-8H2,1-2H3,(H,21,24). The van der Waals surface area contributed by atoms with E-state index in [4.69, 9.17) is 4.74 Å². The van der Waals surface area contributed by atoms with Gasteiger partial charge in [0, 0.05) is 60.3 Å². The second-order valence-corrected chi connectivity index (χ2v) is 8.97. The van der Waals surface area contributed by atoms with Crippen LogP contribution in [0.3, 0.4) is 0 Å². The van der Waals surface area contributed by atoms with E-state index in [0.29, 0.717) is 19.1 Å². The molecule has 0 spiro atoms. The topological polar surface area (TPSA) is 110 Å². The van der Waals surface area contributed by atoms with Crippen molar-refractivity contribution < 1.29 is 13.2 Å². The van der Waals surface area contributed by atoms with E-state index in [2.05, 4.69) is 25.3 Å². The van der Waals surface area contributed by atoms with Crippen LogP contribution in [-0.2, 0) is 10.0 Å². The number of piperidine rings is 1. The Hall–Kier alpha value is -2.85. The number of nitrogens with zero attached hydrogens (tertiary/aromatic N) is 5. The van der Waals surface area contributed by atoms with Gasteiger partial charge in [0.25, 0.3) is 0 Å². The molecule has 0 bridgehead atoms. The van der Waals surface area contributed by atoms with E-state index in [1.165, 1.54) is 17.7 Å². The van der Waals surface area contributed by atoms with Crippen LogP contribution in [0.2, 0.25) is 0 Å². The zero-order valence-corrected chi connectivity index (χ0v) is 17.1. The number of aromatic nitrogens is 4. The van der Waals surface area contributed by atoms with Gasteiger partial charge in [-0.15, -0.1) is 0 Å². The molecular weight excluding hydrogens is 392 g/mol. The summed E-state index contributed by atoms with van der Waals surface area (Å²) in [4.78, 5) is 17.3. The van der Waals surface area contributed by atoms with Crippen LogP contribution in [0.1, 0.15) is 12.8 Å². The first-order valence-electron chi connectivity index (χ1n) is 9.27. The first-order valence-corrected chi connectivity index (χ1v) is 11.1. The van der Waals surface area contributed by atoms with Crippen LogP contribution in [0.25, 0.3) is 22.0 Å². The summed E-state index contributed by atoms with van der Waals surface area (Å²) in [6, 6.07) is 4.34. The van der Waals surface area contributed by atoms with Crippen LogP contribution in [0.5, 0.6) is 6.01 Å². The Bertz CT molecular complexity index is 1110. The SMILES string of the molecule is COc1ncc(-c2nccc3cnc(NC4CCN(S(C)(=O)=O)CC4)cc23)cn1. The number of sulfonamides is 1. The number of methoxy groups -OCH3 is 1. The summed E-state index contributed by atoms with van der Waals surface area (Å²) in [5.74, 6) is 0.735. The van der Waals surface area contributed by atoms with Crippen LogP contribution in [0.4, 0.5) is 5.82 Å². The molecule has 0 aliphatic carbocycles. The van der Waals surface area contributed by atoms with Crippen molar-refractivity contribution in [3.63, 3.8) is 0 Å². The van der Waals surface area contributed by atoms with Crippen molar-refractivity contribution in [2.75, 3.05) is 31.8 Å². The molecule has 0 amide bonds. The minimum atomic E-state index is -3.13. The van der Waals surface area contributed by atoms with Crippen LogP contribution in [-0.4, -0.2) is 65.2 Å². The van der Waals surface area contributed by atoms with Gasteiger partial charge >= 0.3 is 6.01 Å². The Kier molecular flexibility index (Phi) is 5.29. The second kappa shape index (κ2) is 7.88. The number of fused-ring (bicyclic) bond motifs is 1. The van der Waals surface area contributed by atoms with Gasteiger partial charge in [0.2, 0.25) is 10.0 Å². The summed E-state index contributed by atoms with van der Waals surface area (Å²) in [6.45, 7) is 1.03.